The van der Waals surface area contributed by atoms with Gasteiger partial charge in [0.1, 0.15) is 22.9 Å². The summed E-state index contributed by atoms with van der Waals surface area (Å²) >= 11 is 0. The predicted molar refractivity (Wildman–Crippen MR) is 157 cm³/mol. The van der Waals surface area contributed by atoms with E-state index in [4.69, 9.17) is 4.74 Å². The number of carbonyl (C=O) groups is 1. The Bertz CT molecular complexity index is 1600. The average Bonchev–Trinajstić information content (AvgIpc) is 3.31. The van der Waals surface area contributed by atoms with Crippen LogP contribution < -0.4 is 10.6 Å². The van der Waals surface area contributed by atoms with Gasteiger partial charge in [0.15, 0.2) is 11.6 Å². The fraction of sp³-hybridized carbons (Fsp3) is 0.433. The third-order valence-electron chi connectivity index (χ3n) is 7.54. The monoisotopic (exact) mass is 578 g/mol. The van der Waals surface area contributed by atoms with Crippen LogP contribution in [-0.4, -0.2) is 74.7 Å². The molecule has 0 aliphatic carbocycles. The van der Waals surface area contributed by atoms with Crippen LogP contribution in [0, 0.1) is 25.5 Å². The first-order chi connectivity index (χ1) is 20.2. The van der Waals surface area contributed by atoms with Crippen molar-refractivity contribution in [3.8, 4) is 11.3 Å². The maximum atomic E-state index is 15.0. The molecule has 2 N–H and O–H groups in total. The van der Waals surface area contributed by atoms with Crippen LogP contribution in [0.2, 0.25) is 0 Å². The first kappa shape index (κ1) is 29.5. The van der Waals surface area contributed by atoms with Gasteiger partial charge in [0.2, 0.25) is 5.95 Å². The number of imidazole rings is 1. The zero-order valence-electron chi connectivity index (χ0n) is 24.5. The smallest absolute Gasteiger partial charge is 0.255 e. The number of anilines is 2. The number of hydrogen-bond donors (Lipinski definition) is 2. The Morgan fingerprint density at radius 2 is 1.86 bits per heavy atom. The summed E-state index contributed by atoms with van der Waals surface area (Å²) in [4.78, 5) is 32.3. The summed E-state index contributed by atoms with van der Waals surface area (Å²) in [7, 11) is 1.68. The molecule has 4 heterocycles. The molecule has 1 aliphatic heterocycles. The van der Waals surface area contributed by atoms with E-state index in [9.17, 15) is 9.18 Å². The summed E-state index contributed by atoms with van der Waals surface area (Å²) in [5, 5.41) is 6.45. The van der Waals surface area contributed by atoms with Crippen molar-refractivity contribution in [3.05, 3.63) is 59.2 Å². The predicted octanol–water partition coefficient (Wildman–Crippen LogP) is 4.95. The molecule has 1 aliphatic rings. The minimum absolute atomic E-state index is 0.0382. The van der Waals surface area contributed by atoms with E-state index in [0.29, 0.717) is 54.2 Å². The van der Waals surface area contributed by atoms with Crippen molar-refractivity contribution in [2.24, 2.45) is 0 Å². The number of nitrogens with one attached hydrogen (secondary N) is 2. The number of halogens is 2. The number of hydrogen-bond acceptors (Lipinski definition) is 8. The second kappa shape index (κ2) is 12.5. The van der Waals surface area contributed by atoms with Gasteiger partial charge in [0.25, 0.3) is 5.91 Å². The summed E-state index contributed by atoms with van der Waals surface area (Å²) < 4.78 is 36.9. The number of benzene rings is 1. The Kier molecular flexibility index (Phi) is 8.74. The molecule has 10 nitrogen and oxygen atoms in total. The number of nitrogens with zero attached hydrogens (tertiary/aromatic N) is 6. The molecule has 4 aromatic rings. The van der Waals surface area contributed by atoms with Crippen molar-refractivity contribution in [3.63, 3.8) is 0 Å². The Balaban J connectivity index is 1.32. The van der Waals surface area contributed by atoms with Crippen molar-refractivity contribution in [1.29, 1.82) is 0 Å². The van der Waals surface area contributed by atoms with Crippen molar-refractivity contribution in [2.45, 2.75) is 52.6 Å². The van der Waals surface area contributed by atoms with Gasteiger partial charge in [-0.3, -0.25) is 4.79 Å². The van der Waals surface area contributed by atoms with E-state index >= 15 is 4.39 Å². The lowest BCUT2D eigenvalue weighted by atomic mass is 10.0. The summed E-state index contributed by atoms with van der Waals surface area (Å²) in [6.45, 7) is 10.3. The molecule has 222 valence electrons. The second-order valence-electron chi connectivity index (χ2n) is 10.8. The zero-order chi connectivity index (χ0) is 30.0. The van der Waals surface area contributed by atoms with E-state index in [0.717, 1.165) is 25.6 Å². The fourth-order valence-electron chi connectivity index (χ4n) is 5.48. The van der Waals surface area contributed by atoms with Gasteiger partial charge >= 0.3 is 0 Å². The van der Waals surface area contributed by atoms with Crippen molar-refractivity contribution < 1.29 is 18.3 Å². The van der Waals surface area contributed by atoms with E-state index in [1.54, 1.807) is 32.2 Å². The SMILES string of the molecule is COCCNC1CCN(C(=O)c2ccc(Nc3ncc(F)c(-c4cc(F)c5nc(C)n(C(C)C)c5c4)n3)nc2C)CC1. The number of piperidine rings is 1. The highest BCUT2D eigenvalue weighted by Crippen LogP contribution is 2.30. The Morgan fingerprint density at radius 3 is 2.55 bits per heavy atom. The molecule has 1 fully saturated rings. The molecule has 42 heavy (non-hydrogen) atoms. The van der Waals surface area contributed by atoms with E-state index < -0.39 is 11.6 Å². The van der Waals surface area contributed by atoms with E-state index in [2.05, 4.69) is 30.6 Å². The first-order valence-corrected chi connectivity index (χ1v) is 14.1. The van der Waals surface area contributed by atoms with E-state index in [1.165, 1.54) is 6.07 Å². The summed E-state index contributed by atoms with van der Waals surface area (Å²) in [5.41, 5.74) is 2.09. The molecule has 0 saturated carbocycles. The Labute approximate surface area is 243 Å². The Morgan fingerprint density at radius 1 is 1.10 bits per heavy atom. The van der Waals surface area contributed by atoms with Gasteiger partial charge in [-0.1, -0.05) is 0 Å². The molecule has 3 aromatic heterocycles. The van der Waals surface area contributed by atoms with Crippen molar-refractivity contribution >= 4 is 28.7 Å². The summed E-state index contributed by atoms with van der Waals surface area (Å²) in [6.07, 6.45) is 2.79. The lowest BCUT2D eigenvalue weighted by Gasteiger charge is -2.32. The molecular weight excluding hydrogens is 542 g/mol. The van der Waals surface area contributed by atoms with Crippen LogP contribution >= 0.6 is 0 Å². The van der Waals surface area contributed by atoms with Crippen LogP contribution in [0.4, 0.5) is 20.5 Å². The highest BCUT2D eigenvalue weighted by Gasteiger charge is 2.25. The fourth-order valence-corrected chi connectivity index (χ4v) is 5.48. The Hall–Kier alpha value is -4.03. The molecule has 0 unspecified atom stereocenters. The third-order valence-corrected chi connectivity index (χ3v) is 7.54. The molecule has 12 heteroatoms. The lowest BCUT2D eigenvalue weighted by Crippen LogP contribution is -2.45. The zero-order valence-corrected chi connectivity index (χ0v) is 24.5. The largest absolute Gasteiger partial charge is 0.383 e. The number of carbonyl (C=O) groups excluding carboxylic acids is 1. The molecule has 1 aromatic carbocycles. The van der Waals surface area contributed by atoms with Gasteiger partial charge in [-0.15, -0.1) is 0 Å². The minimum atomic E-state index is -0.686. The number of amides is 1. The van der Waals surface area contributed by atoms with Crippen molar-refractivity contribution in [1.82, 2.24) is 34.7 Å². The number of likely N-dealkylation sites (tertiary alicyclic amines) is 1. The number of ether oxygens (including phenoxy) is 1. The number of aryl methyl sites for hydroxylation is 2. The van der Waals surface area contributed by atoms with Gasteiger partial charge in [-0.05, 0) is 64.8 Å². The average molecular weight is 579 g/mol. The van der Waals surface area contributed by atoms with Gasteiger partial charge in [-0.25, -0.2) is 28.7 Å². The van der Waals surface area contributed by atoms with Crippen LogP contribution in [0.25, 0.3) is 22.3 Å². The van der Waals surface area contributed by atoms with E-state index in [1.807, 2.05) is 30.2 Å². The van der Waals surface area contributed by atoms with Crippen LogP contribution in [0.5, 0.6) is 0 Å². The number of rotatable bonds is 9. The molecule has 5 rings (SSSR count). The molecule has 1 amide bonds. The van der Waals surface area contributed by atoms with Crippen LogP contribution in [-0.2, 0) is 4.74 Å². The number of methoxy groups -OCH3 is 1. The summed E-state index contributed by atoms with van der Waals surface area (Å²) in [5.74, 6) is -0.136. The standard InChI is InChI=1S/C30H36F2N8O2/c1-17(2)40-19(4)36-28-23(31)14-20(15-25(28)40)27-24(32)16-34-30(38-27)37-26-7-6-22(18(3)35-26)29(41)39-11-8-21(9-12-39)33-10-13-42-5/h6-7,14-17,21,33H,8-13H2,1-5H3,(H,34,35,37,38). The highest BCUT2D eigenvalue weighted by atomic mass is 19.1. The van der Waals surface area contributed by atoms with Gasteiger partial charge in [-0.2, -0.15) is 0 Å². The number of fused-ring (bicyclic) bond motifs is 1. The molecule has 0 spiro atoms. The first-order valence-electron chi connectivity index (χ1n) is 14.1. The van der Waals surface area contributed by atoms with Gasteiger partial charge < -0.3 is 24.8 Å². The maximum absolute atomic E-state index is 15.0. The minimum Gasteiger partial charge on any atom is -0.383 e. The topological polar surface area (TPSA) is 110 Å². The normalized spacial score (nSPS) is 14.2. The van der Waals surface area contributed by atoms with Gasteiger partial charge in [0, 0.05) is 44.4 Å². The third kappa shape index (κ3) is 6.09. The van der Waals surface area contributed by atoms with E-state index in [-0.39, 0.29) is 34.7 Å². The molecule has 0 radical (unpaired) electrons. The quantitative estimate of drug-likeness (QED) is 0.269. The van der Waals surface area contributed by atoms with Crippen LogP contribution in [0.1, 0.15) is 54.6 Å². The lowest BCUT2D eigenvalue weighted by molar-refractivity contribution is 0.0701. The number of pyridine rings is 1. The number of aromatic nitrogens is 5. The van der Waals surface area contributed by atoms with Crippen LogP contribution in [0.3, 0.4) is 0 Å². The van der Waals surface area contributed by atoms with Crippen molar-refractivity contribution in [2.75, 3.05) is 38.7 Å². The molecule has 0 atom stereocenters. The molecule has 1 saturated heterocycles. The van der Waals surface area contributed by atoms with Gasteiger partial charge in [0.05, 0.1) is 29.6 Å². The highest BCUT2D eigenvalue weighted by molar-refractivity contribution is 5.95. The summed E-state index contributed by atoms with van der Waals surface area (Å²) in [6, 6.07) is 6.72. The molecule has 0 bridgehead atoms. The maximum Gasteiger partial charge on any atom is 0.255 e. The van der Waals surface area contributed by atoms with Crippen LogP contribution in [0.15, 0.2) is 30.5 Å². The second-order valence-corrected chi connectivity index (χ2v) is 10.8. The molecular formula is C30H36F2N8O2.